The molecule has 2 unspecified atom stereocenters. The molecule has 0 aromatic carbocycles. The fourth-order valence-electron chi connectivity index (χ4n) is 2.96. The number of hydrogen-bond donors (Lipinski definition) is 1. The number of rotatable bonds is 2. The molecule has 0 aliphatic carbocycles. The molecule has 102 valence electrons. The van der Waals surface area contributed by atoms with Crippen molar-refractivity contribution in [1.29, 1.82) is 0 Å². The fraction of sp³-hybridized carbons (Fsp3) is 0.846. The van der Waals surface area contributed by atoms with Crippen molar-refractivity contribution >= 4 is 11.9 Å². The zero-order valence-corrected chi connectivity index (χ0v) is 11.0. The minimum absolute atomic E-state index is 0.0725. The number of ether oxygens (including phenoxy) is 1. The van der Waals surface area contributed by atoms with Gasteiger partial charge >= 0.3 is 5.97 Å². The Bertz CT molecular complexity index is 319. The molecule has 2 aliphatic rings. The molecule has 1 N–H and O–H groups in total. The second-order valence-electron chi connectivity index (χ2n) is 5.08. The van der Waals surface area contributed by atoms with E-state index in [4.69, 9.17) is 4.74 Å². The summed E-state index contributed by atoms with van der Waals surface area (Å²) in [7, 11) is 1.42. The van der Waals surface area contributed by atoms with E-state index >= 15 is 0 Å². The Balaban J connectivity index is 2.11. The molecule has 2 heterocycles. The Kier molecular flexibility index (Phi) is 4.58. The molecule has 2 aliphatic heterocycles. The van der Waals surface area contributed by atoms with Crippen LogP contribution < -0.4 is 5.32 Å². The topological polar surface area (TPSA) is 58.6 Å². The van der Waals surface area contributed by atoms with Gasteiger partial charge in [0.2, 0.25) is 5.91 Å². The van der Waals surface area contributed by atoms with E-state index in [1.807, 2.05) is 0 Å². The predicted octanol–water partition coefficient (Wildman–Crippen LogP) is 0.683. The molecular weight excluding hydrogens is 232 g/mol. The normalized spacial score (nSPS) is 30.4. The molecule has 0 aromatic heterocycles. The van der Waals surface area contributed by atoms with Crippen molar-refractivity contribution in [2.24, 2.45) is 0 Å². The molecule has 2 atom stereocenters. The molecule has 2 rings (SSSR count). The van der Waals surface area contributed by atoms with Gasteiger partial charge in [0.1, 0.15) is 6.04 Å². The molecule has 2 saturated heterocycles. The molecule has 0 aromatic rings. The summed E-state index contributed by atoms with van der Waals surface area (Å²) in [6, 6.07) is -0.394. The average Bonchev–Trinajstić information content (AvgIpc) is 2.62. The smallest absolute Gasteiger partial charge is 0.323 e. The third kappa shape index (κ3) is 2.83. The van der Waals surface area contributed by atoms with Crippen LogP contribution in [-0.2, 0) is 14.3 Å². The Morgan fingerprint density at radius 2 is 2.06 bits per heavy atom. The number of piperidine rings is 1. The highest BCUT2D eigenvalue weighted by molar-refractivity contribution is 5.83. The van der Waals surface area contributed by atoms with Crippen LogP contribution >= 0.6 is 0 Å². The first-order valence-electron chi connectivity index (χ1n) is 6.85. The van der Waals surface area contributed by atoms with Gasteiger partial charge in [-0.3, -0.25) is 14.5 Å². The molecule has 0 bridgehead atoms. The lowest BCUT2D eigenvalue weighted by atomic mass is 9.97. The fourth-order valence-corrected chi connectivity index (χ4v) is 2.96. The van der Waals surface area contributed by atoms with Gasteiger partial charge in [0, 0.05) is 6.54 Å². The maximum absolute atomic E-state index is 12.1. The molecule has 0 spiro atoms. The third-order valence-electron chi connectivity index (χ3n) is 3.92. The number of amides is 1. The van der Waals surface area contributed by atoms with Crippen molar-refractivity contribution in [3.63, 3.8) is 0 Å². The lowest BCUT2D eigenvalue weighted by molar-refractivity contribution is -0.150. The van der Waals surface area contributed by atoms with Crippen LogP contribution in [0.25, 0.3) is 0 Å². The zero-order chi connectivity index (χ0) is 13.0. The average molecular weight is 254 g/mol. The summed E-state index contributed by atoms with van der Waals surface area (Å²) >= 11 is 0. The molecule has 5 nitrogen and oxygen atoms in total. The van der Waals surface area contributed by atoms with Crippen molar-refractivity contribution < 1.29 is 14.3 Å². The van der Waals surface area contributed by atoms with E-state index in [1.165, 1.54) is 7.11 Å². The predicted molar refractivity (Wildman–Crippen MR) is 67.0 cm³/mol. The van der Waals surface area contributed by atoms with Crippen LogP contribution in [0.15, 0.2) is 0 Å². The first-order chi connectivity index (χ1) is 8.74. The second-order valence-corrected chi connectivity index (χ2v) is 5.08. The first-order valence-corrected chi connectivity index (χ1v) is 6.85. The van der Waals surface area contributed by atoms with Gasteiger partial charge in [-0.1, -0.05) is 6.42 Å². The molecule has 18 heavy (non-hydrogen) atoms. The molecule has 5 heteroatoms. The monoisotopic (exact) mass is 254 g/mol. The lowest BCUT2D eigenvalue weighted by Gasteiger charge is -2.38. The Labute approximate surface area is 108 Å². The summed E-state index contributed by atoms with van der Waals surface area (Å²) in [6.07, 6.45) is 5.80. The number of esters is 1. The van der Waals surface area contributed by atoms with Gasteiger partial charge in [0.05, 0.1) is 13.2 Å². The van der Waals surface area contributed by atoms with Gasteiger partial charge in [-0.05, 0) is 38.6 Å². The largest absolute Gasteiger partial charge is 0.468 e. The highest BCUT2D eigenvalue weighted by Gasteiger charge is 2.37. The number of hydrogen-bond acceptors (Lipinski definition) is 4. The Hall–Kier alpha value is -1.10. The number of carbonyl (C=O) groups is 2. The van der Waals surface area contributed by atoms with Gasteiger partial charge in [-0.15, -0.1) is 0 Å². The van der Waals surface area contributed by atoms with Crippen LogP contribution in [0.5, 0.6) is 0 Å². The summed E-state index contributed by atoms with van der Waals surface area (Å²) in [5.41, 5.74) is 0. The molecule has 2 fully saturated rings. The van der Waals surface area contributed by atoms with E-state index in [2.05, 4.69) is 10.2 Å². The van der Waals surface area contributed by atoms with E-state index in [0.29, 0.717) is 0 Å². The van der Waals surface area contributed by atoms with Gasteiger partial charge < -0.3 is 10.1 Å². The highest BCUT2D eigenvalue weighted by Crippen LogP contribution is 2.24. The van der Waals surface area contributed by atoms with Crippen LogP contribution in [0.3, 0.4) is 0 Å². The van der Waals surface area contributed by atoms with Gasteiger partial charge in [-0.25, -0.2) is 0 Å². The van der Waals surface area contributed by atoms with Crippen molar-refractivity contribution in [3.8, 4) is 0 Å². The number of likely N-dealkylation sites (tertiary alicyclic amines) is 1. The summed E-state index contributed by atoms with van der Waals surface area (Å²) < 4.78 is 4.86. The van der Waals surface area contributed by atoms with Crippen LogP contribution in [-0.4, -0.2) is 49.1 Å². The minimum atomic E-state index is -0.238. The van der Waals surface area contributed by atoms with E-state index in [0.717, 1.165) is 51.6 Å². The summed E-state index contributed by atoms with van der Waals surface area (Å²) in [4.78, 5) is 25.9. The zero-order valence-electron chi connectivity index (χ0n) is 11.0. The third-order valence-corrected chi connectivity index (χ3v) is 3.92. The van der Waals surface area contributed by atoms with Crippen molar-refractivity contribution in [1.82, 2.24) is 10.2 Å². The minimum Gasteiger partial charge on any atom is -0.468 e. The van der Waals surface area contributed by atoms with Gasteiger partial charge in [0.15, 0.2) is 0 Å². The van der Waals surface area contributed by atoms with E-state index < -0.39 is 0 Å². The van der Waals surface area contributed by atoms with Crippen molar-refractivity contribution in [3.05, 3.63) is 0 Å². The van der Waals surface area contributed by atoms with Crippen molar-refractivity contribution in [2.75, 3.05) is 20.2 Å². The standard InChI is InChI=1S/C13H22N2O3/c1-18-13(17)11-7-3-5-9-15(11)10-6-2-4-8-14-12(10)16/h10-11H,2-9H2,1H3,(H,14,16). The number of carbonyl (C=O) groups excluding carboxylic acids is 2. The van der Waals surface area contributed by atoms with E-state index in [9.17, 15) is 9.59 Å². The maximum Gasteiger partial charge on any atom is 0.323 e. The van der Waals surface area contributed by atoms with E-state index in [-0.39, 0.29) is 24.0 Å². The molecular formula is C13H22N2O3. The number of nitrogens with zero attached hydrogens (tertiary/aromatic N) is 1. The Morgan fingerprint density at radius 1 is 1.28 bits per heavy atom. The SMILES string of the molecule is COC(=O)C1CCCCN1C1CCCCNC1=O. The molecule has 1 amide bonds. The lowest BCUT2D eigenvalue weighted by Crippen LogP contribution is -2.55. The van der Waals surface area contributed by atoms with Gasteiger partial charge in [0.25, 0.3) is 0 Å². The Morgan fingerprint density at radius 3 is 2.83 bits per heavy atom. The van der Waals surface area contributed by atoms with E-state index in [1.54, 1.807) is 0 Å². The quantitative estimate of drug-likeness (QED) is 0.736. The molecule has 0 saturated carbocycles. The van der Waals surface area contributed by atoms with Crippen LogP contribution in [0.4, 0.5) is 0 Å². The summed E-state index contributed by atoms with van der Waals surface area (Å²) in [5.74, 6) is -0.130. The van der Waals surface area contributed by atoms with Crippen LogP contribution in [0.1, 0.15) is 38.5 Å². The summed E-state index contributed by atoms with van der Waals surface area (Å²) in [5, 5.41) is 2.94. The van der Waals surface area contributed by atoms with Crippen LogP contribution in [0.2, 0.25) is 0 Å². The highest BCUT2D eigenvalue weighted by atomic mass is 16.5. The van der Waals surface area contributed by atoms with Crippen LogP contribution in [0, 0.1) is 0 Å². The number of methoxy groups -OCH3 is 1. The second kappa shape index (κ2) is 6.18. The van der Waals surface area contributed by atoms with Crippen molar-refractivity contribution in [2.45, 2.75) is 50.6 Å². The van der Waals surface area contributed by atoms with Gasteiger partial charge in [-0.2, -0.15) is 0 Å². The maximum atomic E-state index is 12.1. The summed E-state index contributed by atoms with van der Waals surface area (Å²) in [6.45, 7) is 1.57. The molecule has 0 radical (unpaired) electrons. The first kappa shape index (κ1) is 13.3. The number of nitrogens with one attached hydrogen (secondary N) is 1.